The number of hydrogen-bond acceptors (Lipinski definition) is 4. The number of fused-ring (bicyclic) bond motifs is 3. The molecule has 1 heterocycles. The fraction of sp³-hybridized carbons (Fsp3) is 0.485. The lowest BCUT2D eigenvalue weighted by molar-refractivity contribution is -0.116. The maximum atomic E-state index is 13.1. The molecule has 1 aromatic heterocycles. The number of phenols is 1. The van der Waals surface area contributed by atoms with Crippen molar-refractivity contribution in [2.24, 2.45) is 11.3 Å². The molecule has 2 unspecified atom stereocenters. The highest BCUT2D eigenvalue weighted by atomic mass is 16.3. The van der Waals surface area contributed by atoms with Gasteiger partial charge in [-0.15, -0.1) is 0 Å². The molecule has 1 saturated carbocycles. The van der Waals surface area contributed by atoms with E-state index in [-0.39, 0.29) is 17.1 Å². The molecule has 200 valence electrons. The minimum atomic E-state index is 0.00946. The van der Waals surface area contributed by atoms with E-state index in [0.717, 1.165) is 66.2 Å². The van der Waals surface area contributed by atoms with Crippen LogP contribution in [0.2, 0.25) is 0 Å². The molecule has 0 radical (unpaired) electrons. The molecule has 0 saturated heterocycles. The zero-order valence-electron chi connectivity index (χ0n) is 22.9. The average Bonchev–Trinajstić information content (AvgIpc) is 2.89. The van der Waals surface area contributed by atoms with Crippen LogP contribution in [0.3, 0.4) is 0 Å². The molecule has 5 nitrogen and oxygen atoms in total. The normalized spacial score (nSPS) is 20.4. The summed E-state index contributed by atoms with van der Waals surface area (Å²) in [6.07, 6.45) is 12.0. The van der Waals surface area contributed by atoms with Gasteiger partial charge in [-0.1, -0.05) is 69.9 Å². The number of benzene rings is 2. The molecular weight excluding hydrogens is 470 g/mol. The summed E-state index contributed by atoms with van der Waals surface area (Å²) in [5, 5.41) is 13.2. The highest BCUT2D eigenvalue weighted by Gasteiger charge is 2.34. The predicted octanol–water partition coefficient (Wildman–Crippen LogP) is 7.45. The summed E-state index contributed by atoms with van der Waals surface area (Å²) in [5.74, 6) is 1.71. The van der Waals surface area contributed by atoms with Gasteiger partial charge >= 0.3 is 0 Å². The minimum Gasteiger partial charge on any atom is -0.508 e. The fourth-order valence-corrected chi connectivity index (χ4v) is 6.62. The Hall–Kier alpha value is -3.21. The summed E-state index contributed by atoms with van der Waals surface area (Å²) >= 11 is 0. The van der Waals surface area contributed by atoms with Gasteiger partial charge < -0.3 is 10.4 Å². The van der Waals surface area contributed by atoms with E-state index < -0.39 is 0 Å². The lowest BCUT2D eigenvalue weighted by Crippen LogP contribution is -2.29. The Morgan fingerprint density at radius 3 is 2.79 bits per heavy atom. The van der Waals surface area contributed by atoms with E-state index in [2.05, 4.69) is 31.3 Å². The molecule has 2 aromatic carbocycles. The first-order valence-electron chi connectivity index (χ1n) is 14.5. The molecule has 1 amide bonds. The van der Waals surface area contributed by atoms with E-state index in [4.69, 9.17) is 9.97 Å². The Morgan fingerprint density at radius 1 is 1.13 bits per heavy atom. The van der Waals surface area contributed by atoms with E-state index in [1.807, 2.05) is 30.3 Å². The van der Waals surface area contributed by atoms with Crippen LogP contribution < -0.4 is 5.32 Å². The minimum absolute atomic E-state index is 0.00946. The summed E-state index contributed by atoms with van der Waals surface area (Å²) in [6.45, 7) is 4.68. The van der Waals surface area contributed by atoms with Gasteiger partial charge in [0.25, 0.3) is 0 Å². The third kappa shape index (κ3) is 6.25. The van der Waals surface area contributed by atoms with Gasteiger partial charge in [0.1, 0.15) is 5.75 Å². The van der Waals surface area contributed by atoms with Gasteiger partial charge in [0.05, 0.1) is 17.1 Å². The van der Waals surface area contributed by atoms with Crippen LogP contribution in [0.25, 0.3) is 11.3 Å². The maximum absolute atomic E-state index is 13.1. The molecule has 2 aliphatic carbocycles. The number of amides is 1. The number of carbonyl (C=O) groups excluding carboxylic acids is 1. The van der Waals surface area contributed by atoms with E-state index >= 15 is 0 Å². The third-order valence-electron chi connectivity index (χ3n) is 8.45. The van der Waals surface area contributed by atoms with Gasteiger partial charge in [0, 0.05) is 12.0 Å². The molecule has 2 atom stereocenters. The molecule has 2 aliphatic rings. The van der Waals surface area contributed by atoms with Gasteiger partial charge in [-0.05, 0) is 85.6 Å². The fourth-order valence-electron chi connectivity index (χ4n) is 6.62. The second kappa shape index (κ2) is 11.7. The molecule has 2 N–H and O–H groups in total. The maximum Gasteiger partial charge on any atom is 0.225 e. The molecule has 0 bridgehead atoms. The monoisotopic (exact) mass is 511 g/mol. The number of carbonyl (C=O) groups is 1. The summed E-state index contributed by atoms with van der Waals surface area (Å²) < 4.78 is 0. The summed E-state index contributed by atoms with van der Waals surface area (Å²) in [4.78, 5) is 23.3. The van der Waals surface area contributed by atoms with E-state index in [1.165, 1.54) is 44.1 Å². The Balaban J connectivity index is 1.40. The first-order valence-corrected chi connectivity index (χ1v) is 14.5. The van der Waals surface area contributed by atoms with Crippen LogP contribution in [0.4, 0.5) is 5.82 Å². The molecule has 0 aliphatic heterocycles. The molecule has 0 spiro atoms. The van der Waals surface area contributed by atoms with E-state index in [0.29, 0.717) is 12.2 Å². The quantitative estimate of drug-likeness (QED) is 0.313. The van der Waals surface area contributed by atoms with E-state index in [9.17, 15) is 9.90 Å². The number of anilines is 1. The summed E-state index contributed by atoms with van der Waals surface area (Å²) in [7, 11) is 0. The number of hydrogen-bond donors (Lipinski definition) is 2. The number of phenolic OH excluding ortho intramolecular Hbond substituents is 1. The second-order valence-electron chi connectivity index (χ2n) is 11.8. The Labute approximate surface area is 227 Å². The van der Waals surface area contributed by atoms with Gasteiger partial charge in [-0.25, -0.2) is 9.97 Å². The van der Waals surface area contributed by atoms with E-state index in [1.54, 1.807) is 6.07 Å². The van der Waals surface area contributed by atoms with Gasteiger partial charge in [-0.2, -0.15) is 0 Å². The van der Waals surface area contributed by atoms with Gasteiger partial charge in [-0.3, -0.25) is 4.79 Å². The lowest BCUT2D eigenvalue weighted by atomic mass is 9.67. The average molecular weight is 512 g/mol. The largest absolute Gasteiger partial charge is 0.508 e. The van der Waals surface area contributed by atoms with Crippen molar-refractivity contribution in [3.05, 3.63) is 71.0 Å². The van der Waals surface area contributed by atoms with Crippen LogP contribution in [-0.4, -0.2) is 21.0 Å². The topological polar surface area (TPSA) is 75.1 Å². The Kier molecular flexibility index (Phi) is 8.11. The summed E-state index contributed by atoms with van der Waals surface area (Å²) in [5.41, 5.74) is 6.32. The van der Waals surface area contributed by atoms with Gasteiger partial charge in [0.2, 0.25) is 5.91 Å². The zero-order valence-corrected chi connectivity index (χ0v) is 22.9. The van der Waals surface area contributed by atoms with Gasteiger partial charge in [0.15, 0.2) is 5.82 Å². The van der Waals surface area contributed by atoms with Crippen LogP contribution in [-0.2, 0) is 30.5 Å². The van der Waals surface area contributed by atoms with Crippen molar-refractivity contribution in [1.29, 1.82) is 0 Å². The zero-order chi connectivity index (χ0) is 26.5. The highest BCUT2D eigenvalue weighted by molar-refractivity contribution is 5.90. The summed E-state index contributed by atoms with van der Waals surface area (Å²) in [6, 6.07) is 15.9. The molecular formula is C33H41N3O2. The smallest absolute Gasteiger partial charge is 0.225 e. The molecule has 3 aromatic rings. The number of aromatic hydroxyl groups is 1. The Morgan fingerprint density at radius 2 is 1.97 bits per heavy atom. The molecule has 1 fully saturated rings. The molecule has 5 heteroatoms. The number of nitrogens with zero attached hydrogens (tertiary/aromatic N) is 2. The van der Waals surface area contributed by atoms with Crippen LogP contribution in [0, 0.1) is 11.3 Å². The van der Waals surface area contributed by atoms with Crippen molar-refractivity contribution in [1.82, 2.24) is 9.97 Å². The van der Waals surface area contributed by atoms with Crippen LogP contribution in [0.5, 0.6) is 5.75 Å². The van der Waals surface area contributed by atoms with Crippen molar-refractivity contribution >= 4 is 11.7 Å². The second-order valence-corrected chi connectivity index (χ2v) is 11.8. The van der Waals surface area contributed by atoms with Crippen LogP contribution in [0.1, 0.15) is 87.7 Å². The predicted molar refractivity (Wildman–Crippen MR) is 153 cm³/mol. The third-order valence-corrected chi connectivity index (χ3v) is 8.45. The van der Waals surface area contributed by atoms with Crippen molar-refractivity contribution in [3.63, 3.8) is 0 Å². The van der Waals surface area contributed by atoms with Crippen molar-refractivity contribution in [3.8, 4) is 17.0 Å². The standard InChI is InChI=1S/C33H41N3O2/c1-3-9-24-13-8-19-33(2,21-24)22-29-32(36-30(38)14-7-12-23-10-5-4-6-11-23)35-28-18-15-25-20-26(37)16-17-27(25)31(28)34-29/h4-6,10-11,16-17,20,24,37H,3,7-9,12-15,18-19,21-22H2,1-2H3,(H,35,36,38). The number of aryl methyl sites for hydroxylation is 3. The Bertz CT molecular complexity index is 1270. The van der Waals surface area contributed by atoms with Crippen LogP contribution >= 0.6 is 0 Å². The SMILES string of the molecule is CCCC1CCCC(C)(Cc2nc3c(nc2NC(=O)CCCc2ccccc2)CCc2cc(O)ccc2-3)C1. The number of rotatable bonds is 9. The first kappa shape index (κ1) is 26.4. The lowest BCUT2D eigenvalue weighted by Gasteiger charge is -2.38. The highest BCUT2D eigenvalue weighted by Crippen LogP contribution is 2.44. The van der Waals surface area contributed by atoms with Crippen molar-refractivity contribution in [2.75, 3.05) is 5.32 Å². The van der Waals surface area contributed by atoms with Crippen LogP contribution in [0.15, 0.2) is 48.5 Å². The number of aromatic nitrogens is 2. The van der Waals surface area contributed by atoms with Crippen molar-refractivity contribution in [2.45, 2.75) is 90.9 Å². The number of nitrogens with one attached hydrogen (secondary N) is 1. The molecule has 38 heavy (non-hydrogen) atoms. The van der Waals surface area contributed by atoms with Crippen molar-refractivity contribution < 1.29 is 9.90 Å². The molecule has 5 rings (SSSR count). The first-order chi connectivity index (χ1) is 18.4.